The standard InChI is InChI=1S/C11H11ClO2/c1-14-11(13)8-4-6-9-5-2-3-7-10(9)12/h2-5,7-8H,6H2,1H3. The molecule has 1 rings (SSSR count). The maximum atomic E-state index is 10.7. The molecule has 0 saturated carbocycles. The monoisotopic (exact) mass is 210 g/mol. The van der Waals surface area contributed by atoms with Gasteiger partial charge in [0, 0.05) is 11.1 Å². The zero-order valence-electron chi connectivity index (χ0n) is 7.87. The third-order valence-electron chi connectivity index (χ3n) is 1.75. The van der Waals surface area contributed by atoms with E-state index in [1.807, 2.05) is 24.3 Å². The Labute approximate surface area is 88.1 Å². The molecule has 3 heteroatoms. The number of halogens is 1. The van der Waals surface area contributed by atoms with Gasteiger partial charge in [-0.25, -0.2) is 4.79 Å². The first-order valence-corrected chi connectivity index (χ1v) is 4.59. The minimum Gasteiger partial charge on any atom is -0.466 e. The molecule has 0 aliphatic rings. The zero-order chi connectivity index (χ0) is 10.4. The van der Waals surface area contributed by atoms with Gasteiger partial charge in [-0.1, -0.05) is 35.9 Å². The summed E-state index contributed by atoms with van der Waals surface area (Å²) >= 11 is 5.92. The van der Waals surface area contributed by atoms with Crippen LogP contribution in [0.2, 0.25) is 5.02 Å². The largest absolute Gasteiger partial charge is 0.466 e. The van der Waals surface area contributed by atoms with Crippen LogP contribution in [0.3, 0.4) is 0 Å². The lowest BCUT2D eigenvalue weighted by Crippen LogP contribution is -1.94. The van der Waals surface area contributed by atoms with Gasteiger partial charge in [-0.2, -0.15) is 0 Å². The number of hydrogen-bond acceptors (Lipinski definition) is 2. The van der Waals surface area contributed by atoms with Gasteiger partial charge in [-0.15, -0.1) is 0 Å². The normalized spacial score (nSPS) is 10.4. The van der Waals surface area contributed by atoms with Crippen LogP contribution >= 0.6 is 11.6 Å². The Kier molecular flexibility index (Phi) is 4.20. The van der Waals surface area contributed by atoms with E-state index >= 15 is 0 Å². The molecule has 0 aromatic heterocycles. The van der Waals surface area contributed by atoms with Gasteiger partial charge in [-0.05, 0) is 18.1 Å². The quantitative estimate of drug-likeness (QED) is 0.566. The van der Waals surface area contributed by atoms with Crippen molar-refractivity contribution in [1.29, 1.82) is 0 Å². The first-order valence-electron chi connectivity index (χ1n) is 4.22. The number of benzene rings is 1. The molecule has 0 amide bonds. The minimum absolute atomic E-state index is 0.350. The third kappa shape index (κ3) is 3.23. The van der Waals surface area contributed by atoms with E-state index in [0.29, 0.717) is 11.4 Å². The van der Waals surface area contributed by atoms with Crippen molar-refractivity contribution in [3.8, 4) is 0 Å². The van der Waals surface area contributed by atoms with Crippen LogP contribution in [0.15, 0.2) is 36.4 Å². The summed E-state index contributed by atoms with van der Waals surface area (Å²) in [7, 11) is 1.35. The van der Waals surface area contributed by atoms with Gasteiger partial charge in [0.15, 0.2) is 0 Å². The highest BCUT2D eigenvalue weighted by molar-refractivity contribution is 6.31. The molecule has 0 atom stereocenters. The van der Waals surface area contributed by atoms with Crippen LogP contribution < -0.4 is 0 Å². The summed E-state index contributed by atoms with van der Waals surface area (Å²) in [6.45, 7) is 0. The summed E-state index contributed by atoms with van der Waals surface area (Å²) in [5.74, 6) is -0.350. The third-order valence-corrected chi connectivity index (χ3v) is 2.12. The number of ether oxygens (including phenoxy) is 1. The average Bonchev–Trinajstić information content (AvgIpc) is 2.20. The average molecular weight is 211 g/mol. The fraction of sp³-hybridized carbons (Fsp3) is 0.182. The molecule has 2 nitrogen and oxygen atoms in total. The number of methoxy groups -OCH3 is 1. The Balaban J connectivity index is 2.58. The highest BCUT2D eigenvalue weighted by atomic mass is 35.5. The molecular formula is C11H11ClO2. The first-order chi connectivity index (χ1) is 6.74. The molecule has 14 heavy (non-hydrogen) atoms. The number of carbonyl (C=O) groups excluding carboxylic acids is 1. The van der Waals surface area contributed by atoms with E-state index in [9.17, 15) is 4.79 Å². The van der Waals surface area contributed by atoms with Gasteiger partial charge in [0.1, 0.15) is 0 Å². The van der Waals surface area contributed by atoms with Crippen molar-refractivity contribution in [2.24, 2.45) is 0 Å². The summed E-state index contributed by atoms with van der Waals surface area (Å²) in [6, 6.07) is 7.52. The van der Waals surface area contributed by atoms with Gasteiger partial charge >= 0.3 is 5.97 Å². The second-order valence-electron chi connectivity index (χ2n) is 2.72. The van der Waals surface area contributed by atoms with Gasteiger partial charge < -0.3 is 4.74 Å². The van der Waals surface area contributed by atoms with Gasteiger partial charge in [-0.3, -0.25) is 0 Å². The molecule has 0 unspecified atom stereocenters. The summed E-state index contributed by atoms with van der Waals surface area (Å²) in [5, 5.41) is 0.710. The van der Waals surface area contributed by atoms with Crippen molar-refractivity contribution < 1.29 is 9.53 Å². The molecule has 0 fully saturated rings. The van der Waals surface area contributed by atoms with E-state index < -0.39 is 0 Å². The Bertz CT molecular complexity index is 345. The van der Waals surface area contributed by atoms with Crippen LogP contribution in [0.25, 0.3) is 0 Å². The van der Waals surface area contributed by atoms with Crippen molar-refractivity contribution in [1.82, 2.24) is 0 Å². The highest BCUT2D eigenvalue weighted by Gasteiger charge is 1.96. The summed E-state index contributed by atoms with van der Waals surface area (Å²) in [5.41, 5.74) is 0.995. The van der Waals surface area contributed by atoms with E-state index in [2.05, 4.69) is 4.74 Å². The number of allylic oxidation sites excluding steroid dienone is 1. The second-order valence-corrected chi connectivity index (χ2v) is 3.13. The number of carbonyl (C=O) groups is 1. The number of rotatable bonds is 3. The molecule has 0 heterocycles. The predicted molar refractivity (Wildman–Crippen MR) is 56.3 cm³/mol. The van der Waals surface area contributed by atoms with E-state index in [0.717, 1.165) is 5.56 Å². The molecule has 0 radical (unpaired) electrons. The molecule has 74 valence electrons. The lowest BCUT2D eigenvalue weighted by molar-refractivity contribution is -0.134. The van der Waals surface area contributed by atoms with Crippen molar-refractivity contribution in [3.63, 3.8) is 0 Å². The lowest BCUT2D eigenvalue weighted by atomic mass is 10.1. The summed E-state index contributed by atoms with van der Waals surface area (Å²) < 4.78 is 4.46. The SMILES string of the molecule is COC(=O)C=CCc1ccccc1Cl. The second kappa shape index (κ2) is 5.45. The van der Waals surface area contributed by atoms with Gasteiger partial charge in [0.25, 0.3) is 0 Å². The topological polar surface area (TPSA) is 26.3 Å². The molecule has 0 N–H and O–H groups in total. The fourth-order valence-corrected chi connectivity index (χ4v) is 1.23. The van der Waals surface area contributed by atoms with E-state index in [4.69, 9.17) is 11.6 Å². The van der Waals surface area contributed by atoms with Crippen LogP contribution in [0, 0.1) is 0 Å². The van der Waals surface area contributed by atoms with Crippen molar-refractivity contribution in [2.75, 3.05) is 7.11 Å². The Morgan fingerprint density at radius 2 is 2.21 bits per heavy atom. The maximum absolute atomic E-state index is 10.7. The van der Waals surface area contributed by atoms with E-state index in [1.54, 1.807) is 6.08 Å². The molecule has 0 spiro atoms. The Hall–Kier alpha value is -1.28. The minimum atomic E-state index is -0.350. The van der Waals surface area contributed by atoms with Gasteiger partial charge in [0.05, 0.1) is 7.11 Å². The molecule has 1 aromatic rings. The molecule has 0 aliphatic heterocycles. The van der Waals surface area contributed by atoms with Crippen molar-refractivity contribution in [3.05, 3.63) is 47.0 Å². The Morgan fingerprint density at radius 1 is 1.50 bits per heavy atom. The number of esters is 1. The van der Waals surface area contributed by atoms with Crippen LogP contribution in [0.4, 0.5) is 0 Å². The smallest absolute Gasteiger partial charge is 0.330 e. The number of hydrogen-bond donors (Lipinski definition) is 0. The molecule has 0 saturated heterocycles. The van der Waals surface area contributed by atoms with E-state index in [1.165, 1.54) is 13.2 Å². The highest BCUT2D eigenvalue weighted by Crippen LogP contribution is 2.15. The van der Waals surface area contributed by atoms with Crippen molar-refractivity contribution in [2.45, 2.75) is 6.42 Å². The van der Waals surface area contributed by atoms with Crippen LogP contribution in [0.1, 0.15) is 5.56 Å². The lowest BCUT2D eigenvalue weighted by Gasteiger charge is -1.98. The van der Waals surface area contributed by atoms with Gasteiger partial charge in [0.2, 0.25) is 0 Å². The van der Waals surface area contributed by atoms with Crippen LogP contribution in [-0.2, 0) is 16.0 Å². The predicted octanol–water partition coefficient (Wildman–Crippen LogP) is 2.61. The molecule has 1 aromatic carbocycles. The zero-order valence-corrected chi connectivity index (χ0v) is 8.62. The summed E-state index contributed by atoms with van der Waals surface area (Å²) in [6.07, 6.45) is 3.76. The van der Waals surface area contributed by atoms with Crippen LogP contribution in [0.5, 0.6) is 0 Å². The first kappa shape index (κ1) is 10.8. The maximum Gasteiger partial charge on any atom is 0.330 e. The fourth-order valence-electron chi connectivity index (χ4n) is 1.01. The molecule has 0 aliphatic carbocycles. The van der Waals surface area contributed by atoms with E-state index in [-0.39, 0.29) is 5.97 Å². The van der Waals surface area contributed by atoms with Crippen molar-refractivity contribution >= 4 is 17.6 Å². The Morgan fingerprint density at radius 3 is 2.86 bits per heavy atom. The molecule has 0 bridgehead atoms. The molecular weight excluding hydrogens is 200 g/mol. The van der Waals surface area contributed by atoms with Crippen LogP contribution in [-0.4, -0.2) is 13.1 Å². The summed E-state index contributed by atoms with van der Waals surface area (Å²) in [4.78, 5) is 10.7.